The number of hydrogen-bond acceptors (Lipinski definition) is 5. The smallest absolute Gasteiger partial charge is 0.322 e. The fraction of sp³-hybridized carbons (Fsp3) is 0.400. The SMILES string of the molecule is Cc1cnc(NC(=O)C2CCCN(C(=O)Nc3cccs3)C2)s1. The quantitative estimate of drug-likeness (QED) is 0.891. The number of piperidine rings is 1. The van der Waals surface area contributed by atoms with Gasteiger partial charge >= 0.3 is 6.03 Å². The van der Waals surface area contributed by atoms with Gasteiger partial charge < -0.3 is 10.2 Å². The zero-order valence-corrected chi connectivity index (χ0v) is 14.4. The zero-order valence-electron chi connectivity index (χ0n) is 12.7. The molecule has 0 aliphatic carbocycles. The molecule has 1 aliphatic heterocycles. The number of hydrogen-bond donors (Lipinski definition) is 2. The van der Waals surface area contributed by atoms with Crippen molar-refractivity contribution in [1.82, 2.24) is 9.88 Å². The number of nitrogens with one attached hydrogen (secondary N) is 2. The van der Waals surface area contributed by atoms with Gasteiger partial charge in [0.25, 0.3) is 0 Å². The van der Waals surface area contributed by atoms with Crippen LogP contribution in [-0.4, -0.2) is 34.9 Å². The van der Waals surface area contributed by atoms with Gasteiger partial charge in [0.05, 0.1) is 10.9 Å². The van der Waals surface area contributed by atoms with Crippen LogP contribution in [0.3, 0.4) is 0 Å². The van der Waals surface area contributed by atoms with Crippen LogP contribution in [0.5, 0.6) is 0 Å². The minimum atomic E-state index is -0.193. The molecule has 0 aromatic carbocycles. The highest BCUT2D eigenvalue weighted by Crippen LogP contribution is 2.22. The molecule has 2 N–H and O–H groups in total. The predicted molar refractivity (Wildman–Crippen MR) is 93.1 cm³/mol. The largest absolute Gasteiger partial charge is 0.324 e. The highest BCUT2D eigenvalue weighted by Gasteiger charge is 2.29. The molecule has 1 unspecified atom stereocenters. The third-order valence-electron chi connectivity index (χ3n) is 3.68. The molecule has 3 rings (SSSR count). The first kappa shape index (κ1) is 15.9. The monoisotopic (exact) mass is 350 g/mol. The van der Waals surface area contributed by atoms with E-state index in [9.17, 15) is 9.59 Å². The van der Waals surface area contributed by atoms with E-state index in [1.807, 2.05) is 24.4 Å². The molecule has 2 aromatic heterocycles. The summed E-state index contributed by atoms with van der Waals surface area (Å²) in [4.78, 5) is 31.6. The summed E-state index contributed by atoms with van der Waals surface area (Å²) in [5.74, 6) is -0.255. The van der Waals surface area contributed by atoms with Crippen LogP contribution in [0, 0.1) is 12.8 Å². The summed E-state index contributed by atoms with van der Waals surface area (Å²) in [7, 11) is 0. The second-order valence-electron chi connectivity index (χ2n) is 5.46. The number of nitrogens with zero attached hydrogens (tertiary/aromatic N) is 2. The Labute approximate surface area is 142 Å². The molecule has 6 nitrogen and oxygen atoms in total. The number of thiophene rings is 1. The maximum absolute atomic E-state index is 12.4. The number of carbonyl (C=O) groups excluding carboxylic acids is 2. The van der Waals surface area contributed by atoms with E-state index in [4.69, 9.17) is 0 Å². The molecule has 0 radical (unpaired) electrons. The first-order chi connectivity index (χ1) is 11.1. The molecule has 3 heterocycles. The van der Waals surface area contributed by atoms with E-state index in [-0.39, 0.29) is 17.9 Å². The van der Waals surface area contributed by atoms with E-state index >= 15 is 0 Å². The van der Waals surface area contributed by atoms with Crippen molar-refractivity contribution in [2.24, 2.45) is 5.92 Å². The van der Waals surface area contributed by atoms with Gasteiger partial charge in [-0.15, -0.1) is 22.7 Å². The van der Waals surface area contributed by atoms with Gasteiger partial charge in [0.15, 0.2) is 5.13 Å². The molecule has 1 fully saturated rings. The second-order valence-corrected chi connectivity index (χ2v) is 7.64. The van der Waals surface area contributed by atoms with Gasteiger partial charge in [-0.05, 0) is 37.3 Å². The number of amides is 3. The van der Waals surface area contributed by atoms with Crippen molar-refractivity contribution in [1.29, 1.82) is 0 Å². The van der Waals surface area contributed by atoms with E-state index in [2.05, 4.69) is 15.6 Å². The highest BCUT2D eigenvalue weighted by atomic mass is 32.1. The lowest BCUT2D eigenvalue weighted by molar-refractivity contribution is -0.121. The van der Waals surface area contributed by atoms with Crippen LogP contribution < -0.4 is 10.6 Å². The summed E-state index contributed by atoms with van der Waals surface area (Å²) in [6, 6.07) is 3.61. The van der Waals surface area contributed by atoms with Crippen LogP contribution in [0.15, 0.2) is 23.7 Å². The molecular weight excluding hydrogens is 332 g/mol. The minimum absolute atomic E-state index is 0.0621. The van der Waals surface area contributed by atoms with E-state index in [1.165, 1.54) is 22.7 Å². The molecule has 1 atom stereocenters. The zero-order chi connectivity index (χ0) is 16.2. The molecule has 0 saturated carbocycles. The minimum Gasteiger partial charge on any atom is -0.324 e. The third kappa shape index (κ3) is 4.08. The van der Waals surface area contributed by atoms with Crippen molar-refractivity contribution in [2.45, 2.75) is 19.8 Å². The van der Waals surface area contributed by atoms with Crippen LogP contribution in [0.2, 0.25) is 0 Å². The molecule has 23 heavy (non-hydrogen) atoms. The van der Waals surface area contributed by atoms with Crippen molar-refractivity contribution < 1.29 is 9.59 Å². The fourth-order valence-corrected chi connectivity index (χ4v) is 3.80. The Morgan fingerprint density at radius 2 is 2.26 bits per heavy atom. The topological polar surface area (TPSA) is 74.3 Å². The van der Waals surface area contributed by atoms with Gasteiger partial charge in [-0.3, -0.25) is 10.1 Å². The number of likely N-dealkylation sites (tertiary alicyclic amines) is 1. The molecule has 1 aliphatic rings. The Balaban J connectivity index is 1.56. The van der Waals surface area contributed by atoms with Gasteiger partial charge in [-0.25, -0.2) is 9.78 Å². The van der Waals surface area contributed by atoms with Crippen LogP contribution in [0.25, 0.3) is 0 Å². The van der Waals surface area contributed by atoms with Crippen molar-refractivity contribution in [3.05, 3.63) is 28.6 Å². The van der Waals surface area contributed by atoms with Gasteiger partial charge in [-0.2, -0.15) is 0 Å². The van der Waals surface area contributed by atoms with Crippen molar-refractivity contribution in [3.63, 3.8) is 0 Å². The van der Waals surface area contributed by atoms with Crippen molar-refractivity contribution in [3.8, 4) is 0 Å². The lowest BCUT2D eigenvalue weighted by Crippen LogP contribution is -2.45. The predicted octanol–water partition coefficient (Wildman–Crippen LogP) is 3.40. The number of rotatable bonds is 3. The molecule has 2 aromatic rings. The van der Waals surface area contributed by atoms with Gasteiger partial charge in [0.1, 0.15) is 0 Å². The highest BCUT2D eigenvalue weighted by molar-refractivity contribution is 7.15. The van der Waals surface area contributed by atoms with E-state index in [1.54, 1.807) is 11.1 Å². The summed E-state index contributed by atoms with van der Waals surface area (Å²) in [5.41, 5.74) is 0. The third-order valence-corrected chi connectivity index (χ3v) is 5.30. The lowest BCUT2D eigenvalue weighted by atomic mass is 9.97. The van der Waals surface area contributed by atoms with Crippen LogP contribution in [-0.2, 0) is 4.79 Å². The lowest BCUT2D eigenvalue weighted by Gasteiger charge is -2.31. The number of anilines is 2. The number of aryl methyl sites for hydroxylation is 1. The Morgan fingerprint density at radius 1 is 1.39 bits per heavy atom. The number of urea groups is 1. The molecule has 0 spiro atoms. The maximum Gasteiger partial charge on any atom is 0.322 e. The molecular formula is C15H18N4O2S2. The maximum atomic E-state index is 12.4. The van der Waals surface area contributed by atoms with E-state index in [0.717, 1.165) is 22.7 Å². The standard InChI is InChI=1S/C15H18N4O2S2/c1-10-8-16-14(23-10)18-13(20)11-4-2-6-19(9-11)15(21)17-12-5-3-7-22-12/h3,5,7-8,11H,2,4,6,9H2,1H3,(H,17,21)(H,16,18,20). The number of thiazole rings is 1. The van der Waals surface area contributed by atoms with Crippen LogP contribution in [0.1, 0.15) is 17.7 Å². The molecule has 122 valence electrons. The fourth-order valence-electron chi connectivity index (χ4n) is 2.53. The summed E-state index contributed by atoms with van der Waals surface area (Å²) in [6.07, 6.45) is 3.35. The molecule has 8 heteroatoms. The average molecular weight is 350 g/mol. The number of aromatic nitrogens is 1. The van der Waals surface area contributed by atoms with Crippen LogP contribution >= 0.6 is 22.7 Å². The van der Waals surface area contributed by atoms with Gasteiger partial charge in [0, 0.05) is 24.2 Å². The molecule has 0 bridgehead atoms. The first-order valence-electron chi connectivity index (χ1n) is 7.44. The Hall–Kier alpha value is -1.93. The van der Waals surface area contributed by atoms with Gasteiger partial charge in [0.2, 0.25) is 5.91 Å². The average Bonchev–Trinajstić information content (AvgIpc) is 3.19. The van der Waals surface area contributed by atoms with Gasteiger partial charge in [-0.1, -0.05) is 0 Å². The van der Waals surface area contributed by atoms with Crippen molar-refractivity contribution >= 4 is 44.7 Å². The summed E-state index contributed by atoms with van der Waals surface area (Å²) >= 11 is 2.94. The molecule has 1 saturated heterocycles. The van der Waals surface area contributed by atoms with E-state index in [0.29, 0.717) is 18.2 Å². The Kier molecular flexibility index (Phi) is 4.92. The van der Waals surface area contributed by atoms with Crippen LogP contribution in [0.4, 0.5) is 14.9 Å². The Morgan fingerprint density at radius 3 is 2.96 bits per heavy atom. The Bertz CT molecular complexity index is 683. The summed E-state index contributed by atoms with van der Waals surface area (Å²) in [6.45, 7) is 3.06. The van der Waals surface area contributed by atoms with E-state index < -0.39 is 0 Å². The summed E-state index contributed by atoms with van der Waals surface area (Å²) in [5, 5.41) is 9.07. The second kappa shape index (κ2) is 7.10. The summed E-state index contributed by atoms with van der Waals surface area (Å²) < 4.78 is 0. The molecule has 3 amide bonds. The normalized spacial score (nSPS) is 17.8. The first-order valence-corrected chi connectivity index (χ1v) is 9.14. The van der Waals surface area contributed by atoms with Crippen molar-refractivity contribution in [2.75, 3.05) is 23.7 Å². The number of carbonyl (C=O) groups is 2.